The molecule has 3 aliphatic heterocycles. The highest BCUT2D eigenvalue weighted by atomic mass is 16.6. The van der Waals surface area contributed by atoms with E-state index in [1.54, 1.807) is 0 Å². The summed E-state index contributed by atoms with van der Waals surface area (Å²) in [5, 5.41) is 0. The first-order valence-corrected chi connectivity index (χ1v) is 25.2. The van der Waals surface area contributed by atoms with Crippen molar-refractivity contribution < 1.29 is 9.47 Å². The van der Waals surface area contributed by atoms with Crippen LogP contribution in [-0.4, -0.2) is 6.85 Å². The van der Waals surface area contributed by atoms with E-state index in [-0.39, 0.29) is 17.7 Å². The van der Waals surface area contributed by atoms with Crippen LogP contribution >= 0.6 is 0 Å². The average molecular weight is 902 g/mol. The molecule has 4 aliphatic rings. The summed E-state index contributed by atoms with van der Waals surface area (Å²) in [6.07, 6.45) is 8.11. The molecule has 342 valence electrons. The molecule has 0 saturated carbocycles. The highest BCUT2D eigenvalue weighted by Crippen LogP contribution is 2.55. The molecule has 0 N–H and O–H groups in total. The molecular formula is C63H60BN3O2. The van der Waals surface area contributed by atoms with Crippen molar-refractivity contribution in [1.82, 2.24) is 0 Å². The lowest BCUT2D eigenvalue weighted by molar-refractivity contribution is 0.332. The Morgan fingerprint density at radius 3 is 1.78 bits per heavy atom. The van der Waals surface area contributed by atoms with Gasteiger partial charge in [-0.05, 0) is 161 Å². The Kier molecular flexibility index (Phi) is 10.5. The van der Waals surface area contributed by atoms with Crippen LogP contribution in [0.3, 0.4) is 0 Å². The molecule has 0 fully saturated rings. The van der Waals surface area contributed by atoms with Crippen LogP contribution in [-0.2, 0) is 17.3 Å². The van der Waals surface area contributed by atoms with Gasteiger partial charge in [-0.25, -0.2) is 0 Å². The van der Waals surface area contributed by atoms with Crippen LogP contribution in [0.2, 0.25) is 0 Å². The molecule has 5 nitrogen and oxygen atoms in total. The SMILES string of the molecule is CCCCCCc1cc2c3c(c1)N(c1cc4c(cc1C)C(C)(C)CCC4(C)C)c1cc(N(c4ccccc4)c4ccccc4)ccc1B3N(c1ccccc1)c1cc3c(cc1-2)Oc1ccccc1O3. The minimum atomic E-state index is -0.163. The highest BCUT2D eigenvalue weighted by molar-refractivity contribution is 6.93. The van der Waals surface area contributed by atoms with Crippen molar-refractivity contribution in [2.75, 3.05) is 14.6 Å². The zero-order valence-electron chi connectivity index (χ0n) is 40.9. The number of unbranched alkanes of at least 4 members (excludes halogenated alkanes) is 3. The van der Waals surface area contributed by atoms with Crippen molar-refractivity contribution in [3.05, 3.63) is 192 Å². The number of aryl methyl sites for hydroxylation is 2. The molecule has 1 aliphatic carbocycles. The molecule has 0 bridgehead atoms. The molecule has 12 rings (SSSR count). The van der Waals surface area contributed by atoms with Gasteiger partial charge in [0.2, 0.25) is 0 Å². The van der Waals surface area contributed by atoms with E-state index in [1.807, 2.05) is 24.3 Å². The van der Waals surface area contributed by atoms with Crippen LogP contribution in [0.1, 0.15) is 95.4 Å². The van der Waals surface area contributed by atoms with E-state index in [0.29, 0.717) is 0 Å². The summed E-state index contributed by atoms with van der Waals surface area (Å²) >= 11 is 0. The number of hydrogen-bond acceptors (Lipinski definition) is 5. The van der Waals surface area contributed by atoms with Crippen LogP contribution < -0.4 is 35.0 Å². The lowest BCUT2D eigenvalue weighted by Crippen LogP contribution is -2.61. The molecule has 0 saturated heterocycles. The van der Waals surface area contributed by atoms with Gasteiger partial charge >= 0.3 is 6.85 Å². The second-order valence-electron chi connectivity index (χ2n) is 21.0. The summed E-state index contributed by atoms with van der Waals surface area (Å²) in [6, 6.07) is 62.5. The number of benzene rings is 8. The minimum Gasteiger partial charge on any atom is -0.449 e. The smallest absolute Gasteiger partial charge is 0.333 e. The molecule has 8 aromatic rings. The van der Waals surface area contributed by atoms with E-state index in [0.717, 1.165) is 76.3 Å². The van der Waals surface area contributed by atoms with Crippen molar-refractivity contribution in [3.8, 4) is 34.1 Å². The maximum atomic E-state index is 6.72. The third-order valence-electron chi connectivity index (χ3n) is 15.5. The molecule has 0 radical (unpaired) electrons. The lowest BCUT2D eigenvalue weighted by Gasteiger charge is -2.47. The van der Waals surface area contributed by atoms with Gasteiger partial charge in [-0.1, -0.05) is 139 Å². The highest BCUT2D eigenvalue weighted by Gasteiger charge is 2.47. The molecular weight excluding hydrogens is 842 g/mol. The Hall–Kier alpha value is -7.18. The third kappa shape index (κ3) is 7.30. The number of rotatable bonds is 10. The van der Waals surface area contributed by atoms with E-state index in [2.05, 4.69) is 202 Å². The van der Waals surface area contributed by atoms with Crippen LogP contribution in [0.25, 0.3) is 11.1 Å². The van der Waals surface area contributed by atoms with E-state index in [9.17, 15) is 0 Å². The first-order valence-electron chi connectivity index (χ1n) is 25.2. The minimum absolute atomic E-state index is 0.0249. The van der Waals surface area contributed by atoms with E-state index < -0.39 is 0 Å². The maximum Gasteiger partial charge on any atom is 0.333 e. The molecule has 3 heterocycles. The summed E-state index contributed by atoms with van der Waals surface area (Å²) in [6.45, 7) is 14.3. The van der Waals surface area contributed by atoms with Crippen molar-refractivity contribution >= 4 is 63.3 Å². The molecule has 6 heteroatoms. The summed E-state index contributed by atoms with van der Waals surface area (Å²) < 4.78 is 13.4. The molecule has 69 heavy (non-hydrogen) atoms. The van der Waals surface area contributed by atoms with Gasteiger partial charge in [-0.2, -0.15) is 0 Å². The fourth-order valence-corrected chi connectivity index (χ4v) is 11.7. The van der Waals surface area contributed by atoms with Gasteiger partial charge in [0.25, 0.3) is 0 Å². The zero-order valence-corrected chi connectivity index (χ0v) is 40.9. The second-order valence-corrected chi connectivity index (χ2v) is 21.0. The van der Waals surface area contributed by atoms with E-state index in [4.69, 9.17) is 9.47 Å². The van der Waals surface area contributed by atoms with Crippen LogP contribution in [0.4, 0.5) is 45.5 Å². The largest absolute Gasteiger partial charge is 0.449 e. The van der Waals surface area contributed by atoms with Crippen LogP contribution in [0, 0.1) is 6.92 Å². The predicted octanol–water partition coefficient (Wildman–Crippen LogP) is 16.5. The monoisotopic (exact) mass is 901 g/mol. The summed E-state index contributed by atoms with van der Waals surface area (Å²) in [4.78, 5) is 7.63. The van der Waals surface area contributed by atoms with Gasteiger partial charge in [0, 0.05) is 57.1 Å². The fourth-order valence-electron chi connectivity index (χ4n) is 11.7. The first-order chi connectivity index (χ1) is 33.6. The zero-order chi connectivity index (χ0) is 47.0. The molecule has 0 amide bonds. The quantitative estimate of drug-likeness (QED) is 0.101. The number of hydrogen-bond donors (Lipinski definition) is 0. The second kappa shape index (κ2) is 16.8. The van der Waals surface area contributed by atoms with Crippen molar-refractivity contribution in [2.24, 2.45) is 0 Å². The van der Waals surface area contributed by atoms with E-state index in [1.165, 1.54) is 81.5 Å². The topological polar surface area (TPSA) is 28.2 Å². The predicted molar refractivity (Wildman–Crippen MR) is 289 cm³/mol. The summed E-state index contributed by atoms with van der Waals surface area (Å²) in [5.74, 6) is 2.91. The van der Waals surface area contributed by atoms with Gasteiger partial charge in [0.05, 0.1) is 0 Å². The summed E-state index contributed by atoms with van der Waals surface area (Å²) in [7, 11) is 0. The Labute approximate surface area is 409 Å². The molecule has 0 spiro atoms. The normalized spacial score (nSPS) is 15.4. The maximum absolute atomic E-state index is 6.72. The molecule has 8 aromatic carbocycles. The van der Waals surface area contributed by atoms with Gasteiger partial charge < -0.3 is 24.1 Å². The lowest BCUT2D eigenvalue weighted by atomic mass is 9.43. The Morgan fingerprint density at radius 1 is 0.522 bits per heavy atom. The number of fused-ring (bicyclic) bond motifs is 7. The van der Waals surface area contributed by atoms with Crippen molar-refractivity contribution in [1.29, 1.82) is 0 Å². The van der Waals surface area contributed by atoms with Gasteiger partial charge in [-0.15, -0.1) is 0 Å². The molecule has 0 atom stereocenters. The fraction of sp³-hybridized carbons (Fsp3) is 0.238. The average Bonchev–Trinajstić information content (AvgIpc) is 3.36. The number of ether oxygens (including phenoxy) is 2. The summed E-state index contributed by atoms with van der Waals surface area (Å²) in [5.41, 5.74) is 19.9. The standard InChI is InChI=1S/C63H60BN3O2/c1-7-8-9-13-22-43-36-49-48-39-59-60(69-58-30-21-20-29-57(58)68-59)41-54(48)67(46-27-18-12-19-28-46)64-52-32-31-47(65(44-23-14-10-15-24-44)45-25-16-11-17-26-45)38-55(52)66(56(37-43)61(49)64)53-40-51-50(35-42(53)2)62(3,4)33-34-63(51,5)6/h10-12,14-21,23-32,35-41H,7-9,13,22,33-34H2,1-6H3. The Bertz CT molecular complexity index is 3220. The molecule has 0 unspecified atom stereocenters. The Balaban J connectivity index is 1.17. The Morgan fingerprint density at radius 2 is 1.13 bits per heavy atom. The van der Waals surface area contributed by atoms with Crippen LogP contribution in [0.15, 0.2) is 170 Å². The van der Waals surface area contributed by atoms with Gasteiger partial charge in [-0.3, -0.25) is 0 Å². The van der Waals surface area contributed by atoms with Gasteiger partial charge in [0.15, 0.2) is 23.0 Å². The van der Waals surface area contributed by atoms with E-state index >= 15 is 0 Å². The van der Waals surface area contributed by atoms with Crippen molar-refractivity contribution in [3.63, 3.8) is 0 Å². The van der Waals surface area contributed by atoms with Crippen molar-refractivity contribution in [2.45, 2.75) is 97.3 Å². The first kappa shape index (κ1) is 43.1. The van der Waals surface area contributed by atoms with Crippen LogP contribution in [0.5, 0.6) is 23.0 Å². The molecule has 0 aromatic heterocycles. The third-order valence-corrected chi connectivity index (χ3v) is 15.5. The number of para-hydroxylation sites is 5. The number of nitrogens with zero attached hydrogens (tertiary/aromatic N) is 3. The van der Waals surface area contributed by atoms with Gasteiger partial charge in [0.1, 0.15) is 0 Å². The number of anilines is 8.